The van der Waals surface area contributed by atoms with Crippen LogP contribution in [0.4, 0.5) is 0 Å². The largest absolute Gasteiger partial charge is 0.481 e. The zero-order valence-corrected chi connectivity index (χ0v) is 12.8. The molecule has 5 nitrogen and oxygen atoms in total. The molecule has 1 heterocycles. The standard InChI is InChI=1S/C15H28O5/c1-11(16)7-5-4-6-8-12-13(9-10-14(17)18)20-15(2,3)19-12/h11-13,16H,4-10H2,1-3H3,(H,17,18)/t11-,12-,13-/m1/s1. The fraction of sp³-hybridized carbons (Fsp3) is 0.933. The Bertz CT molecular complexity index is 301. The smallest absolute Gasteiger partial charge is 0.303 e. The molecule has 1 aliphatic rings. The molecule has 1 fully saturated rings. The summed E-state index contributed by atoms with van der Waals surface area (Å²) in [6.45, 7) is 5.54. The molecule has 0 aromatic carbocycles. The van der Waals surface area contributed by atoms with Crippen LogP contribution in [-0.2, 0) is 14.3 Å². The van der Waals surface area contributed by atoms with Crippen LogP contribution in [0.15, 0.2) is 0 Å². The van der Waals surface area contributed by atoms with Crippen molar-refractivity contribution in [2.24, 2.45) is 0 Å². The SMILES string of the molecule is C[C@@H](O)CCCCC[C@H]1OC(C)(C)O[C@@H]1CCC(=O)O. The summed E-state index contributed by atoms with van der Waals surface area (Å²) >= 11 is 0. The van der Waals surface area contributed by atoms with Crippen molar-refractivity contribution >= 4 is 5.97 Å². The maximum Gasteiger partial charge on any atom is 0.303 e. The molecule has 0 unspecified atom stereocenters. The lowest BCUT2D eigenvalue weighted by Gasteiger charge is -2.16. The van der Waals surface area contributed by atoms with Crippen LogP contribution < -0.4 is 0 Å². The van der Waals surface area contributed by atoms with Crippen molar-refractivity contribution in [3.63, 3.8) is 0 Å². The lowest BCUT2D eigenvalue weighted by molar-refractivity contribution is -0.149. The van der Waals surface area contributed by atoms with Crippen molar-refractivity contribution in [3.05, 3.63) is 0 Å². The molecule has 1 saturated heterocycles. The third-order valence-corrected chi connectivity index (χ3v) is 3.54. The van der Waals surface area contributed by atoms with Gasteiger partial charge in [0.05, 0.1) is 18.3 Å². The van der Waals surface area contributed by atoms with Gasteiger partial charge in [0.15, 0.2) is 5.79 Å². The summed E-state index contributed by atoms with van der Waals surface area (Å²) in [4.78, 5) is 10.7. The minimum Gasteiger partial charge on any atom is -0.481 e. The molecular formula is C15H28O5. The Morgan fingerprint density at radius 1 is 1.15 bits per heavy atom. The van der Waals surface area contributed by atoms with Gasteiger partial charge in [-0.25, -0.2) is 0 Å². The van der Waals surface area contributed by atoms with Gasteiger partial charge in [-0.05, 0) is 40.0 Å². The number of aliphatic carboxylic acids is 1. The number of ether oxygens (including phenoxy) is 2. The van der Waals surface area contributed by atoms with E-state index in [2.05, 4.69) is 0 Å². The van der Waals surface area contributed by atoms with Gasteiger partial charge in [-0.15, -0.1) is 0 Å². The van der Waals surface area contributed by atoms with Crippen LogP contribution in [0.25, 0.3) is 0 Å². The maximum atomic E-state index is 10.7. The number of aliphatic hydroxyl groups excluding tert-OH is 1. The second-order valence-electron chi connectivity index (χ2n) is 6.13. The Morgan fingerprint density at radius 2 is 1.75 bits per heavy atom. The number of hydrogen-bond donors (Lipinski definition) is 2. The number of hydrogen-bond acceptors (Lipinski definition) is 4. The Balaban J connectivity index is 2.30. The Labute approximate surface area is 121 Å². The highest BCUT2D eigenvalue weighted by Crippen LogP contribution is 2.33. The van der Waals surface area contributed by atoms with Gasteiger partial charge < -0.3 is 19.7 Å². The second kappa shape index (κ2) is 7.96. The van der Waals surface area contributed by atoms with E-state index in [0.717, 1.165) is 32.1 Å². The van der Waals surface area contributed by atoms with Gasteiger partial charge in [0.2, 0.25) is 0 Å². The van der Waals surface area contributed by atoms with Crippen molar-refractivity contribution in [3.8, 4) is 0 Å². The lowest BCUT2D eigenvalue weighted by atomic mass is 10.0. The minimum atomic E-state index is -0.797. The van der Waals surface area contributed by atoms with E-state index in [4.69, 9.17) is 14.6 Å². The first-order valence-corrected chi connectivity index (χ1v) is 7.55. The predicted molar refractivity (Wildman–Crippen MR) is 75.5 cm³/mol. The highest BCUT2D eigenvalue weighted by Gasteiger charge is 2.40. The molecule has 0 radical (unpaired) electrons. The first-order valence-electron chi connectivity index (χ1n) is 7.55. The number of carbonyl (C=O) groups is 1. The molecular weight excluding hydrogens is 260 g/mol. The summed E-state index contributed by atoms with van der Waals surface area (Å²) in [6, 6.07) is 0. The molecule has 5 heteroatoms. The van der Waals surface area contributed by atoms with Crippen LogP contribution in [0.1, 0.15) is 65.7 Å². The Kier molecular flexibility index (Phi) is 6.92. The third kappa shape index (κ3) is 6.68. The van der Waals surface area contributed by atoms with Gasteiger partial charge in [0.1, 0.15) is 0 Å². The van der Waals surface area contributed by atoms with E-state index < -0.39 is 11.8 Å². The second-order valence-corrected chi connectivity index (χ2v) is 6.13. The molecule has 2 N–H and O–H groups in total. The fourth-order valence-corrected chi connectivity index (χ4v) is 2.63. The lowest BCUT2D eigenvalue weighted by Crippen LogP contribution is -2.23. The van der Waals surface area contributed by atoms with E-state index in [-0.39, 0.29) is 24.7 Å². The third-order valence-electron chi connectivity index (χ3n) is 3.54. The molecule has 20 heavy (non-hydrogen) atoms. The van der Waals surface area contributed by atoms with Crippen molar-refractivity contribution in [2.75, 3.05) is 0 Å². The van der Waals surface area contributed by atoms with Crippen LogP contribution in [0, 0.1) is 0 Å². The molecule has 3 atom stereocenters. The molecule has 0 aromatic heterocycles. The average Bonchev–Trinajstić information content (AvgIpc) is 2.60. The Hall–Kier alpha value is -0.650. The van der Waals surface area contributed by atoms with Crippen molar-refractivity contribution in [1.82, 2.24) is 0 Å². The predicted octanol–water partition coefficient (Wildman–Crippen LogP) is 2.70. The van der Waals surface area contributed by atoms with Crippen LogP contribution >= 0.6 is 0 Å². The highest BCUT2D eigenvalue weighted by molar-refractivity contribution is 5.66. The molecule has 118 valence electrons. The van der Waals surface area contributed by atoms with Gasteiger partial charge >= 0.3 is 5.97 Å². The fourth-order valence-electron chi connectivity index (χ4n) is 2.63. The number of unbranched alkanes of at least 4 members (excludes halogenated alkanes) is 2. The van der Waals surface area contributed by atoms with Gasteiger partial charge in [-0.1, -0.05) is 19.3 Å². The molecule has 0 amide bonds. The number of aliphatic hydroxyl groups is 1. The van der Waals surface area contributed by atoms with Crippen LogP contribution in [0.3, 0.4) is 0 Å². The van der Waals surface area contributed by atoms with Crippen LogP contribution in [0.2, 0.25) is 0 Å². The molecule has 1 aliphatic heterocycles. The summed E-state index contributed by atoms with van der Waals surface area (Å²) in [7, 11) is 0. The zero-order chi connectivity index (χ0) is 15.2. The van der Waals surface area contributed by atoms with Crippen molar-refractivity contribution in [1.29, 1.82) is 0 Å². The summed E-state index contributed by atoms with van der Waals surface area (Å²) < 4.78 is 11.6. The topological polar surface area (TPSA) is 76.0 Å². The Morgan fingerprint density at radius 3 is 2.30 bits per heavy atom. The first-order chi connectivity index (χ1) is 9.30. The van der Waals surface area contributed by atoms with E-state index in [1.807, 2.05) is 13.8 Å². The van der Waals surface area contributed by atoms with E-state index in [0.29, 0.717) is 6.42 Å². The minimum absolute atomic E-state index is 0.0177. The van der Waals surface area contributed by atoms with Crippen molar-refractivity contribution in [2.45, 2.75) is 89.8 Å². The molecule has 1 rings (SSSR count). The average molecular weight is 288 g/mol. The van der Waals surface area contributed by atoms with E-state index in [9.17, 15) is 9.90 Å². The first kappa shape index (κ1) is 17.4. The maximum absolute atomic E-state index is 10.7. The zero-order valence-electron chi connectivity index (χ0n) is 12.8. The van der Waals surface area contributed by atoms with E-state index >= 15 is 0 Å². The monoisotopic (exact) mass is 288 g/mol. The number of carboxylic acid groups (broad SMARTS) is 1. The normalized spacial score (nSPS) is 26.6. The van der Waals surface area contributed by atoms with Crippen molar-refractivity contribution < 1.29 is 24.5 Å². The summed E-state index contributed by atoms with van der Waals surface area (Å²) in [6.07, 6.45) is 5.02. The molecule has 0 aromatic rings. The quantitative estimate of drug-likeness (QED) is 0.638. The molecule has 0 saturated carbocycles. The van der Waals surface area contributed by atoms with Crippen LogP contribution in [0.5, 0.6) is 0 Å². The molecule has 0 bridgehead atoms. The van der Waals surface area contributed by atoms with Gasteiger partial charge in [0.25, 0.3) is 0 Å². The van der Waals surface area contributed by atoms with Gasteiger partial charge in [0, 0.05) is 6.42 Å². The summed E-state index contributed by atoms with van der Waals surface area (Å²) in [5.74, 6) is -1.41. The summed E-state index contributed by atoms with van der Waals surface area (Å²) in [5, 5.41) is 18.0. The highest BCUT2D eigenvalue weighted by atomic mass is 16.7. The summed E-state index contributed by atoms with van der Waals surface area (Å²) in [5.41, 5.74) is 0. The van der Waals surface area contributed by atoms with Gasteiger partial charge in [-0.3, -0.25) is 4.79 Å². The van der Waals surface area contributed by atoms with Crippen LogP contribution in [-0.4, -0.2) is 40.3 Å². The molecule has 0 aliphatic carbocycles. The molecule has 0 spiro atoms. The van der Waals surface area contributed by atoms with E-state index in [1.165, 1.54) is 0 Å². The number of rotatable bonds is 9. The van der Waals surface area contributed by atoms with Gasteiger partial charge in [-0.2, -0.15) is 0 Å². The number of carboxylic acids is 1. The van der Waals surface area contributed by atoms with E-state index in [1.54, 1.807) is 6.92 Å².